The minimum absolute atomic E-state index is 0.369. The topological polar surface area (TPSA) is 77.5 Å². The van der Waals surface area contributed by atoms with Gasteiger partial charge in [0.1, 0.15) is 5.75 Å². The molecule has 0 atom stereocenters. The summed E-state index contributed by atoms with van der Waals surface area (Å²) in [6.07, 6.45) is 0. The van der Waals surface area contributed by atoms with Crippen LogP contribution < -0.4 is 15.8 Å². The minimum atomic E-state index is 0.369. The first-order valence-corrected chi connectivity index (χ1v) is 6.29. The van der Waals surface area contributed by atoms with Crippen LogP contribution in [0.15, 0.2) is 35.3 Å². The lowest BCUT2D eigenvalue weighted by molar-refractivity contribution is 0.415. The second kappa shape index (κ2) is 6.10. The highest BCUT2D eigenvalue weighted by molar-refractivity contribution is 5.92. The number of nitrogens with two attached hydrogens (primary N) is 1. The molecule has 1 aromatic heterocycles. The van der Waals surface area contributed by atoms with Crippen molar-refractivity contribution in [2.75, 3.05) is 12.4 Å². The number of benzene rings is 1. The molecule has 0 spiro atoms. The van der Waals surface area contributed by atoms with Gasteiger partial charge in [0.15, 0.2) is 5.96 Å². The third-order valence-electron chi connectivity index (χ3n) is 2.87. The maximum absolute atomic E-state index is 5.86. The summed E-state index contributed by atoms with van der Waals surface area (Å²) in [4.78, 5) is 4.30. The van der Waals surface area contributed by atoms with Crippen LogP contribution >= 0.6 is 0 Å². The van der Waals surface area contributed by atoms with Crippen LogP contribution in [-0.4, -0.2) is 22.8 Å². The van der Waals surface area contributed by atoms with Crippen LogP contribution in [0.2, 0.25) is 0 Å². The van der Waals surface area contributed by atoms with Gasteiger partial charge >= 0.3 is 0 Å². The van der Waals surface area contributed by atoms with Crippen molar-refractivity contribution in [3.63, 3.8) is 0 Å². The maximum Gasteiger partial charge on any atom is 0.193 e. The van der Waals surface area contributed by atoms with Crippen molar-refractivity contribution in [2.45, 2.75) is 13.5 Å². The van der Waals surface area contributed by atoms with Gasteiger partial charge in [0, 0.05) is 12.7 Å². The number of rotatable bonds is 4. The predicted molar refractivity (Wildman–Crippen MR) is 79.9 cm³/mol. The zero-order valence-electron chi connectivity index (χ0n) is 11.9. The number of nitrogens with one attached hydrogen (secondary N) is 1. The Morgan fingerprint density at radius 1 is 1.40 bits per heavy atom. The number of guanidine groups is 1. The number of hydrogen-bond donors (Lipinski definition) is 2. The lowest BCUT2D eigenvalue weighted by Gasteiger charge is -2.06. The molecule has 0 aliphatic carbocycles. The summed E-state index contributed by atoms with van der Waals surface area (Å²) in [7, 11) is 3.53. The Bertz CT molecular complexity index is 601. The first kappa shape index (κ1) is 13.9. The summed E-state index contributed by atoms with van der Waals surface area (Å²) in [6, 6.07) is 9.48. The lowest BCUT2D eigenvalue weighted by Crippen LogP contribution is -2.22. The highest BCUT2D eigenvalue weighted by atomic mass is 16.5. The zero-order chi connectivity index (χ0) is 14.5. The molecule has 0 aliphatic rings. The summed E-state index contributed by atoms with van der Waals surface area (Å²) >= 11 is 0. The molecule has 1 heterocycles. The van der Waals surface area contributed by atoms with Gasteiger partial charge in [-0.15, -0.1) is 0 Å². The van der Waals surface area contributed by atoms with Gasteiger partial charge in [-0.05, 0) is 37.3 Å². The van der Waals surface area contributed by atoms with Crippen molar-refractivity contribution in [3.8, 4) is 5.75 Å². The molecule has 20 heavy (non-hydrogen) atoms. The van der Waals surface area contributed by atoms with Crippen LogP contribution in [0.25, 0.3) is 0 Å². The Morgan fingerprint density at radius 3 is 2.65 bits per heavy atom. The molecular formula is C14H19N5O. The molecule has 0 bridgehead atoms. The van der Waals surface area contributed by atoms with E-state index < -0.39 is 0 Å². The normalized spacial score (nSPS) is 11.4. The van der Waals surface area contributed by atoms with E-state index >= 15 is 0 Å². The molecule has 0 saturated heterocycles. The Balaban J connectivity index is 1.98. The quantitative estimate of drug-likeness (QED) is 0.656. The Morgan fingerprint density at radius 2 is 2.10 bits per heavy atom. The van der Waals surface area contributed by atoms with Crippen LogP contribution in [-0.2, 0) is 13.6 Å². The van der Waals surface area contributed by atoms with Crippen molar-refractivity contribution < 1.29 is 4.74 Å². The lowest BCUT2D eigenvalue weighted by atomic mass is 10.3. The second-order valence-electron chi connectivity index (χ2n) is 4.46. The molecule has 0 fully saturated rings. The van der Waals surface area contributed by atoms with Crippen molar-refractivity contribution >= 4 is 11.6 Å². The Labute approximate surface area is 118 Å². The van der Waals surface area contributed by atoms with Crippen molar-refractivity contribution in [1.29, 1.82) is 0 Å². The average molecular weight is 273 g/mol. The van der Waals surface area contributed by atoms with Crippen molar-refractivity contribution in [3.05, 3.63) is 41.7 Å². The first-order chi connectivity index (χ1) is 9.58. The van der Waals surface area contributed by atoms with Gasteiger partial charge in [-0.3, -0.25) is 4.68 Å². The van der Waals surface area contributed by atoms with E-state index in [-0.39, 0.29) is 0 Å². The molecule has 106 valence electrons. The summed E-state index contributed by atoms with van der Waals surface area (Å²) in [5.41, 5.74) is 8.72. The Kier molecular flexibility index (Phi) is 4.24. The second-order valence-corrected chi connectivity index (χ2v) is 4.46. The van der Waals surface area contributed by atoms with E-state index in [2.05, 4.69) is 15.4 Å². The third kappa shape index (κ3) is 3.50. The van der Waals surface area contributed by atoms with E-state index in [0.29, 0.717) is 12.5 Å². The van der Waals surface area contributed by atoms with Crippen LogP contribution in [0.1, 0.15) is 11.4 Å². The maximum atomic E-state index is 5.86. The smallest absolute Gasteiger partial charge is 0.193 e. The van der Waals surface area contributed by atoms with Gasteiger partial charge in [0.25, 0.3) is 0 Å². The first-order valence-electron chi connectivity index (χ1n) is 6.29. The molecule has 1 aromatic carbocycles. The number of aryl methyl sites for hydroxylation is 2. The zero-order valence-corrected chi connectivity index (χ0v) is 11.9. The van der Waals surface area contributed by atoms with Crippen LogP contribution in [0.3, 0.4) is 0 Å². The van der Waals surface area contributed by atoms with E-state index in [4.69, 9.17) is 10.5 Å². The average Bonchev–Trinajstić information content (AvgIpc) is 2.75. The van der Waals surface area contributed by atoms with Gasteiger partial charge in [-0.2, -0.15) is 5.10 Å². The summed E-state index contributed by atoms with van der Waals surface area (Å²) in [5.74, 6) is 1.17. The SMILES string of the molecule is COc1ccc(NC(N)=NCc2cc(C)nn2C)cc1. The van der Waals surface area contributed by atoms with E-state index in [0.717, 1.165) is 22.8 Å². The fourth-order valence-corrected chi connectivity index (χ4v) is 1.84. The number of ether oxygens (including phenoxy) is 1. The number of aromatic nitrogens is 2. The molecule has 6 nitrogen and oxygen atoms in total. The molecule has 0 saturated carbocycles. The number of methoxy groups -OCH3 is 1. The fraction of sp³-hybridized carbons (Fsp3) is 0.286. The van der Waals surface area contributed by atoms with Crippen molar-refractivity contribution in [1.82, 2.24) is 9.78 Å². The predicted octanol–water partition coefficient (Wildman–Crippen LogP) is 1.66. The van der Waals surface area contributed by atoms with E-state index in [1.807, 2.05) is 44.3 Å². The van der Waals surface area contributed by atoms with Gasteiger partial charge in [-0.1, -0.05) is 0 Å². The fourth-order valence-electron chi connectivity index (χ4n) is 1.84. The van der Waals surface area contributed by atoms with E-state index in [1.54, 1.807) is 11.8 Å². The van der Waals surface area contributed by atoms with E-state index in [1.165, 1.54) is 0 Å². The molecule has 6 heteroatoms. The van der Waals surface area contributed by atoms with Gasteiger partial charge < -0.3 is 15.8 Å². The molecule has 0 amide bonds. The Hall–Kier alpha value is -2.50. The van der Waals surface area contributed by atoms with Crippen LogP contribution in [0, 0.1) is 6.92 Å². The summed E-state index contributed by atoms with van der Waals surface area (Å²) in [5, 5.41) is 7.30. The van der Waals surface area contributed by atoms with Gasteiger partial charge in [0.2, 0.25) is 0 Å². The summed E-state index contributed by atoms with van der Waals surface area (Å²) in [6.45, 7) is 2.44. The highest BCUT2D eigenvalue weighted by Crippen LogP contribution is 2.14. The van der Waals surface area contributed by atoms with Crippen molar-refractivity contribution in [2.24, 2.45) is 17.8 Å². The van der Waals surface area contributed by atoms with Crippen LogP contribution in [0.5, 0.6) is 5.75 Å². The molecule has 0 aliphatic heterocycles. The van der Waals surface area contributed by atoms with Gasteiger partial charge in [-0.25, -0.2) is 4.99 Å². The molecule has 2 aromatic rings. The molecular weight excluding hydrogens is 254 g/mol. The standard InChI is InChI=1S/C14H19N5O/c1-10-8-12(19(2)18-10)9-16-14(15)17-11-4-6-13(20-3)7-5-11/h4-8H,9H2,1-3H3,(H3,15,16,17). The molecule has 0 unspecified atom stereocenters. The number of nitrogens with zero attached hydrogens (tertiary/aromatic N) is 3. The number of hydrogen-bond acceptors (Lipinski definition) is 3. The van der Waals surface area contributed by atoms with E-state index in [9.17, 15) is 0 Å². The highest BCUT2D eigenvalue weighted by Gasteiger charge is 2.01. The minimum Gasteiger partial charge on any atom is -0.497 e. The van der Waals surface area contributed by atoms with Gasteiger partial charge in [0.05, 0.1) is 25.0 Å². The molecule has 2 rings (SSSR count). The third-order valence-corrected chi connectivity index (χ3v) is 2.87. The number of anilines is 1. The monoisotopic (exact) mass is 273 g/mol. The number of aliphatic imine (C=N–C) groups is 1. The molecule has 3 N–H and O–H groups in total. The largest absolute Gasteiger partial charge is 0.497 e. The summed E-state index contributed by atoms with van der Waals surface area (Å²) < 4.78 is 6.90. The molecule has 0 radical (unpaired) electrons. The van der Waals surface area contributed by atoms with Crippen LogP contribution in [0.4, 0.5) is 5.69 Å².